The van der Waals surface area contributed by atoms with Crippen molar-refractivity contribution in [2.45, 2.75) is 12.5 Å². The zero-order chi connectivity index (χ0) is 12.8. The summed E-state index contributed by atoms with van der Waals surface area (Å²) in [4.78, 5) is 9.87. The minimum absolute atomic E-state index is 0.133. The van der Waals surface area contributed by atoms with Gasteiger partial charge in [-0.2, -0.15) is 0 Å². The van der Waals surface area contributed by atoms with Crippen molar-refractivity contribution < 1.29 is 4.74 Å². The first kappa shape index (κ1) is 10.8. The molecule has 1 unspecified atom stereocenters. The van der Waals surface area contributed by atoms with Crippen molar-refractivity contribution in [2.75, 3.05) is 5.73 Å². The van der Waals surface area contributed by atoms with Crippen LogP contribution in [0, 0.1) is 0 Å². The maximum atomic E-state index is 5.97. The number of nitrogens with zero attached hydrogens (tertiary/aromatic N) is 2. The maximum absolute atomic E-state index is 5.97. The second kappa shape index (κ2) is 3.93. The van der Waals surface area contributed by atoms with E-state index in [-0.39, 0.29) is 6.10 Å². The average molecular weight is 269 g/mol. The molecular weight excluding hydrogens is 258 g/mol. The molecule has 3 heterocycles. The summed E-state index contributed by atoms with van der Waals surface area (Å²) < 4.78 is 5.90. The van der Waals surface area contributed by atoms with Gasteiger partial charge in [-0.1, -0.05) is 18.2 Å². The number of aromatic nitrogens is 2. The first-order valence-corrected chi connectivity index (χ1v) is 6.94. The Labute approximate surface area is 113 Å². The average Bonchev–Trinajstić information content (AvgIpc) is 3.04. The van der Waals surface area contributed by atoms with Crippen LogP contribution in [-0.4, -0.2) is 9.97 Å². The molecule has 0 amide bonds. The topological polar surface area (TPSA) is 61.0 Å². The molecule has 1 atom stereocenters. The Morgan fingerprint density at radius 1 is 1.21 bits per heavy atom. The number of anilines is 1. The molecule has 0 bridgehead atoms. The number of thiophene rings is 1. The van der Waals surface area contributed by atoms with Gasteiger partial charge in [0.15, 0.2) is 11.9 Å². The second-order valence-corrected chi connectivity index (χ2v) is 5.42. The molecule has 4 rings (SSSR count). The first-order chi connectivity index (χ1) is 9.31. The Morgan fingerprint density at radius 2 is 2.11 bits per heavy atom. The Kier molecular flexibility index (Phi) is 2.22. The number of ether oxygens (including phenoxy) is 1. The summed E-state index contributed by atoms with van der Waals surface area (Å²) >= 11 is 1.57. The van der Waals surface area contributed by atoms with Crippen LogP contribution in [0.4, 0.5) is 5.82 Å². The minimum Gasteiger partial charge on any atom is -0.482 e. The molecule has 1 aliphatic heterocycles. The van der Waals surface area contributed by atoms with Gasteiger partial charge in [-0.3, -0.25) is 0 Å². The highest BCUT2D eigenvalue weighted by molar-refractivity contribution is 7.16. The lowest BCUT2D eigenvalue weighted by atomic mass is 10.1. The van der Waals surface area contributed by atoms with Gasteiger partial charge in [0, 0.05) is 6.42 Å². The lowest BCUT2D eigenvalue weighted by molar-refractivity contribution is 0.228. The van der Waals surface area contributed by atoms with Crippen LogP contribution in [0.15, 0.2) is 35.7 Å². The SMILES string of the molecule is Nc1nc(C2Cc3ccccc3O2)nc2sccc12. The van der Waals surface area contributed by atoms with E-state index in [9.17, 15) is 0 Å². The molecule has 0 saturated carbocycles. The van der Waals surface area contributed by atoms with Gasteiger partial charge in [-0.15, -0.1) is 11.3 Å². The molecule has 0 fully saturated rings. The third-order valence-corrected chi connectivity index (χ3v) is 4.11. The van der Waals surface area contributed by atoms with Gasteiger partial charge < -0.3 is 10.5 Å². The standard InChI is InChI=1S/C14H11N3OS/c15-12-9-5-6-19-14(9)17-13(16-12)11-7-8-3-1-2-4-10(8)18-11/h1-6,11H,7H2,(H2,15,16,17). The molecule has 19 heavy (non-hydrogen) atoms. The van der Waals surface area contributed by atoms with Crippen LogP contribution in [0.5, 0.6) is 5.75 Å². The van der Waals surface area contributed by atoms with Crippen LogP contribution in [-0.2, 0) is 6.42 Å². The summed E-state index contributed by atoms with van der Waals surface area (Å²) in [6.07, 6.45) is 0.665. The van der Waals surface area contributed by atoms with Gasteiger partial charge in [0.1, 0.15) is 16.4 Å². The molecule has 0 spiro atoms. The van der Waals surface area contributed by atoms with Crippen LogP contribution in [0.3, 0.4) is 0 Å². The number of hydrogen-bond donors (Lipinski definition) is 1. The van der Waals surface area contributed by atoms with Crippen LogP contribution >= 0.6 is 11.3 Å². The summed E-state index contributed by atoms with van der Waals surface area (Å²) in [6, 6.07) is 9.98. The van der Waals surface area contributed by atoms with E-state index >= 15 is 0 Å². The summed E-state index contributed by atoms with van der Waals surface area (Å²) in [5.41, 5.74) is 7.17. The predicted octanol–water partition coefficient (Wildman–Crippen LogP) is 2.95. The smallest absolute Gasteiger partial charge is 0.173 e. The zero-order valence-corrected chi connectivity index (χ0v) is 10.9. The lowest BCUT2D eigenvalue weighted by Gasteiger charge is -2.09. The highest BCUT2D eigenvalue weighted by Crippen LogP contribution is 2.36. The van der Waals surface area contributed by atoms with Gasteiger partial charge in [0.05, 0.1) is 5.39 Å². The molecule has 5 heteroatoms. The van der Waals surface area contributed by atoms with Crippen LogP contribution in [0.1, 0.15) is 17.5 Å². The summed E-state index contributed by atoms with van der Waals surface area (Å²) in [5.74, 6) is 2.12. The first-order valence-electron chi connectivity index (χ1n) is 6.06. The number of nitrogen functional groups attached to an aromatic ring is 1. The van der Waals surface area contributed by atoms with Crippen molar-refractivity contribution in [1.29, 1.82) is 0 Å². The Balaban J connectivity index is 1.76. The summed E-state index contributed by atoms with van der Waals surface area (Å²) in [5, 5.41) is 2.90. The van der Waals surface area contributed by atoms with Gasteiger partial charge in [-0.25, -0.2) is 9.97 Å². The number of fused-ring (bicyclic) bond motifs is 2. The van der Waals surface area contributed by atoms with E-state index in [2.05, 4.69) is 16.0 Å². The van der Waals surface area contributed by atoms with Crippen molar-refractivity contribution in [3.8, 4) is 5.75 Å². The van der Waals surface area contributed by atoms with E-state index < -0.39 is 0 Å². The fraction of sp³-hybridized carbons (Fsp3) is 0.143. The van der Waals surface area contributed by atoms with Crippen molar-refractivity contribution in [2.24, 2.45) is 0 Å². The molecule has 4 nitrogen and oxygen atoms in total. The van der Waals surface area contributed by atoms with Gasteiger partial charge >= 0.3 is 0 Å². The van der Waals surface area contributed by atoms with E-state index in [0.29, 0.717) is 11.6 Å². The highest BCUT2D eigenvalue weighted by Gasteiger charge is 2.27. The number of nitrogens with two attached hydrogens (primary N) is 1. The summed E-state index contributed by atoms with van der Waals surface area (Å²) in [7, 11) is 0. The molecule has 1 aromatic carbocycles. The molecule has 0 saturated heterocycles. The molecule has 0 aliphatic carbocycles. The molecule has 3 aromatic rings. The van der Waals surface area contributed by atoms with Crippen LogP contribution in [0.2, 0.25) is 0 Å². The summed E-state index contributed by atoms with van der Waals surface area (Å²) in [6.45, 7) is 0. The highest BCUT2D eigenvalue weighted by atomic mass is 32.1. The second-order valence-electron chi connectivity index (χ2n) is 4.52. The quantitative estimate of drug-likeness (QED) is 0.737. The van der Waals surface area contributed by atoms with E-state index in [4.69, 9.17) is 10.5 Å². The van der Waals surface area contributed by atoms with Gasteiger partial charge in [0.25, 0.3) is 0 Å². The largest absolute Gasteiger partial charge is 0.482 e. The fourth-order valence-electron chi connectivity index (χ4n) is 2.37. The van der Waals surface area contributed by atoms with Gasteiger partial charge in [-0.05, 0) is 23.1 Å². The molecule has 0 radical (unpaired) electrons. The normalized spacial score (nSPS) is 17.4. The Bertz CT molecular complexity index is 743. The van der Waals surface area contributed by atoms with E-state index in [1.165, 1.54) is 5.56 Å². The van der Waals surface area contributed by atoms with Crippen molar-refractivity contribution >= 4 is 27.4 Å². The minimum atomic E-state index is -0.133. The van der Waals surface area contributed by atoms with Crippen molar-refractivity contribution in [1.82, 2.24) is 9.97 Å². The fourth-order valence-corrected chi connectivity index (χ4v) is 3.14. The number of hydrogen-bond acceptors (Lipinski definition) is 5. The molecule has 2 aromatic heterocycles. The molecule has 1 aliphatic rings. The number of para-hydroxylation sites is 1. The maximum Gasteiger partial charge on any atom is 0.173 e. The lowest BCUT2D eigenvalue weighted by Crippen LogP contribution is -2.09. The Morgan fingerprint density at radius 3 is 3.00 bits per heavy atom. The van der Waals surface area contributed by atoms with E-state index in [0.717, 1.165) is 22.4 Å². The zero-order valence-electron chi connectivity index (χ0n) is 10.0. The molecule has 2 N–H and O–H groups in total. The van der Waals surface area contributed by atoms with Gasteiger partial charge in [0.2, 0.25) is 0 Å². The van der Waals surface area contributed by atoms with Crippen molar-refractivity contribution in [3.05, 3.63) is 47.1 Å². The van der Waals surface area contributed by atoms with E-state index in [1.54, 1.807) is 11.3 Å². The predicted molar refractivity (Wildman–Crippen MR) is 75.3 cm³/mol. The van der Waals surface area contributed by atoms with Crippen LogP contribution in [0.25, 0.3) is 10.2 Å². The molecule has 94 valence electrons. The number of rotatable bonds is 1. The third kappa shape index (κ3) is 1.66. The molecular formula is C14H11N3OS. The monoisotopic (exact) mass is 269 g/mol. The third-order valence-electron chi connectivity index (χ3n) is 3.31. The van der Waals surface area contributed by atoms with Crippen LogP contribution < -0.4 is 10.5 Å². The number of benzene rings is 1. The van der Waals surface area contributed by atoms with Crippen molar-refractivity contribution in [3.63, 3.8) is 0 Å². The Hall–Kier alpha value is -2.14. The van der Waals surface area contributed by atoms with E-state index in [1.807, 2.05) is 29.6 Å².